The molecule has 1 aromatic rings. The first-order chi connectivity index (χ1) is 8.70. The fourth-order valence-electron chi connectivity index (χ4n) is 1.35. The zero-order valence-electron chi connectivity index (χ0n) is 10.3. The zero-order chi connectivity index (χ0) is 14.6. The van der Waals surface area contributed by atoms with Gasteiger partial charge in [0.1, 0.15) is 17.1 Å². The molecule has 7 heteroatoms. The molecule has 0 radical (unpaired) electrons. The lowest BCUT2D eigenvalue weighted by atomic mass is 10.1. The van der Waals surface area contributed by atoms with Crippen LogP contribution < -0.4 is 9.47 Å². The highest BCUT2D eigenvalue weighted by molar-refractivity contribution is 5.94. The van der Waals surface area contributed by atoms with E-state index in [1.807, 2.05) is 0 Å². The Kier molecular flexibility index (Phi) is 4.63. The maximum Gasteiger partial charge on any atom is 0.422 e. The van der Waals surface area contributed by atoms with Crippen LogP contribution in [-0.4, -0.2) is 30.0 Å². The van der Waals surface area contributed by atoms with Crippen LogP contribution in [-0.2, 0) is 0 Å². The molecule has 0 bridgehead atoms. The van der Waals surface area contributed by atoms with Gasteiger partial charge in [0.25, 0.3) is 0 Å². The van der Waals surface area contributed by atoms with Crippen LogP contribution in [0.25, 0.3) is 0 Å². The number of rotatable bonds is 5. The highest BCUT2D eigenvalue weighted by Gasteiger charge is 2.30. The molecule has 0 saturated heterocycles. The second kappa shape index (κ2) is 5.81. The molecule has 0 heterocycles. The average Bonchev–Trinajstić information content (AvgIpc) is 2.24. The minimum atomic E-state index is -4.54. The van der Waals surface area contributed by atoms with Crippen LogP contribution in [0.3, 0.4) is 0 Å². The number of ether oxygens (including phenoxy) is 2. The van der Waals surface area contributed by atoms with Crippen molar-refractivity contribution >= 4 is 5.97 Å². The lowest BCUT2D eigenvalue weighted by molar-refractivity contribution is -0.153. The van der Waals surface area contributed by atoms with Crippen molar-refractivity contribution in [3.05, 3.63) is 23.8 Å². The molecule has 0 saturated carbocycles. The van der Waals surface area contributed by atoms with Crippen molar-refractivity contribution < 1.29 is 32.5 Å². The fourth-order valence-corrected chi connectivity index (χ4v) is 1.35. The molecule has 0 amide bonds. The lowest BCUT2D eigenvalue weighted by Crippen LogP contribution is -2.20. The number of halogens is 3. The number of carbonyl (C=O) groups is 1. The SMILES string of the molecule is CC(C)Oc1cccc(OCC(F)(F)F)c1C(=O)O. The summed E-state index contributed by atoms with van der Waals surface area (Å²) in [5.41, 5.74) is -0.416. The number of hydrogen-bond acceptors (Lipinski definition) is 3. The number of carboxylic acid groups (broad SMARTS) is 1. The van der Waals surface area contributed by atoms with Gasteiger partial charge in [-0.2, -0.15) is 13.2 Å². The molecule has 4 nitrogen and oxygen atoms in total. The van der Waals surface area contributed by atoms with Gasteiger partial charge < -0.3 is 14.6 Å². The number of carboxylic acids is 1. The normalized spacial score (nSPS) is 11.5. The van der Waals surface area contributed by atoms with E-state index in [0.717, 1.165) is 6.07 Å². The molecule has 0 atom stereocenters. The number of alkyl halides is 3. The third-order valence-electron chi connectivity index (χ3n) is 1.96. The summed E-state index contributed by atoms with van der Waals surface area (Å²) >= 11 is 0. The minimum Gasteiger partial charge on any atom is -0.490 e. The van der Waals surface area contributed by atoms with Crippen LogP contribution in [0.15, 0.2) is 18.2 Å². The number of benzene rings is 1. The van der Waals surface area contributed by atoms with Gasteiger partial charge >= 0.3 is 12.1 Å². The van der Waals surface area contributed by atoms with Crippen molar-refractivity contribution in [2.24, 2.45) is 0 Å². The molecule has 0 spiro atoms. The topological polar surface area (TPSA) is 55.8 Å². The van der Waals surface area contributed by atoms with Gasteiger partial charge in [-0.3, -0.25) is 0 Å². The van der Waals surface area contributed by atoms with E-state index < -0.39 is 24.3 Å². The first-order valence-electron chi connectivity index (χ1n) is 5.43. The summed E-state index contributed by atoms with van der Waals surface area (Å²) in [6.07, 6.45) is -4.85. The molecule has 0 aliphatic rings. The van der Waals surface area contributed by atoms with E-state index in [1.54, 1.807) is 13.8 Å². The van der Waals surface area contributed by atoms with Gasteiger partial charge in [-0.05, 0) is 26.0 Å². The van der Waals surface area contributed by atoms with E-state index in [-0.39, 0.29) is 17.6 Å². The molecule has 1 aromatic carbocycles. The Balaban J connectivity index is 3.06. The molecule has 0 aliphatic carbocycles. The van der Waals surface area contributed by atoms with Gasteiger partial charge in [0.2, 0.25) is 0 Å². The second-order valence-corrected chi connectivity index (χ2v) is 4.00. The van der Waals surface area contributed by atoms with E-state index in [4.69, 9.17) is 9.84 Å². The van der Waals surface area contributed by atoms with Crippen molar-refractivity contribution in [1.82, 2.24) is 0 Å². The maximum absolute atomic E-state index is 12.1. The molecule has 0 fully saturated rings. The van der Waals surface area contributed by atoms with Crippen molar-refractivity contribution in [3.63, 3.8) is 0 Å². The summed E-state index contributed by atoms with van der Waals surface area (Å²) in [6.45, 7) is 1.79. The Morgan fingerprint density at radius 1 is 1.32 bits per heavy atom. The Labute approximate surface area is 107 Å². The predicted octanol–water partition coefficient (Wildman–Crippen LogP) is 3.11. The molecule has 1 N–H and O–H groups in total. The standard InChI is InChI=1S/C12H13F3O4/c1-7(2)19-9-5-3-4-8(10(9)11(16)17)18-6-12(13,14)15/h3-5,7H,6H2,1-2H3,(H,16,17). The smallest absolute Gasteiger partial charge is 0.422 e. The highest BCUT2D eigenvalue weighted by atomic mass is 19.4. The van der Waals surface area contributed by atoms with Crippen LogP contribution in [0.1, 0.15) is 24.2 Å². The van der Waals surface area contributed by atoms with Crippen LogP contribution in [0.4, 0.5) is 13.2 Å². The van der Waals surface area contributed by atoms with Crippen molar-refractivity contribution in [2.75, 3.05) is 6.61 Å². The highest BCUT2D eigenvalue weighted by Crippen LogP contribution is 2.30. The Morgan fingerprint density at radius 3 is 2.37 bits per heavy atom. The Morgan fingerprint density at radius 2 is 1.89 bits per heavy atom. The molecule has 106 valence electrons. The third kappa shape index (κ3) is 4.69. The maximum atomic E-state index is 12.1. The fraction of sp³-hybridized carbons (Fsp3) is 0.417. The van der Waals surface area contributed by atoms with Gasteiger partial charge in [0, 0.05) is 0 Å². The first kappa shape index (κ1) is 15.1. The zero-order valence-corrected chi connectivity index (χ0v) is 10.3. The number of hydrogen-bond donors (Lipinski definition) is 1. The van der Waals surface area contributed by atoms with E-state index in [2.05, 4.69) is 4.74 Å². The molecule has 0 unspecified atom stereocenters. The summed E-state index contributed by atoms with van der Waals surface area (Å²) < 4.78 is 46.0. The van der Waals surface area contributed by atoms with Gasteiger partial charge in [0.15, 0.2) is 6.61 Å². The van der Waals surface area contributed by atoms with Crippen LogP contribution >= 0.6 is 0 Å². The van der Waals surface area contributed by atoms with Crippen LogP contribution in [0.5, 0.6) is 11.5 Å². The Bertz CT molecular complexity index is 455. The molecule has 0 aromatic heterocycles. The van der Waals surface area contributed by atoms with Gasteiger partial charge in [0.05, 0.1) is 6.10 Å². The van der Waals surface area contributed by atoms with Crippen molar-refractivity contribution in [1.29, 1.82) is 0 Å². The number of aromatic carboxylic acids is 1. The molecule has 0 aliphatic heterocycles. The van der Waals surface area contributed by atoms with E-state index in [1.165, 1.54) is 12.1 Å². The van der Waals surface area contributed by atoms with E-state index >= 15 is 0 Å². The van der Waals surface area contributed by atoms with Crippen molar-refractivity contribution in [2.45, 2.75) is 26.1 Å². The monoisotopic (exact) mass is 278 g/mol. The lowest BCUT2D eigenvalue weighted by Gasteiger charge is -2.16. The van der Waals surface area contributed by atoms with Gasteiger partial charge in [-0.1, -0.05) is 6.07 Å². The minimum absolute atomic E-state index is 0.0258. The van der Waals surface area contributed by atoms with E-state index in [0.29, 0.717) is 0 Å². The summed E-state index contributed by atoms with van der Waals surface area (Å²) in [5, 5.41) is 9.05. The van der Waals surface area contributed by atoms with Crippen molar-refractivity contribution in [3.8, 4) is 11.5 Å². The van der Waals surface area contributed by atoms with Gasteiger partial charge in [-0.25, -0.2) is 4.79 Å². The second-order valence-electron chi connectivity index (χ2n) is 4.00. The molecule has 19 heavy (non-hydrogen) atoms. The summed E-state index contributed by atoms with van der Waals surface area (Å²) in [7, 11) is 0. The Hall–Kier alpha value is -1.92. The summed E-state index contributed by atoms with van der Waals surface area (Å²) in [6, 6.07) is 3.89. The van der Waals surface area contributed by atoms with Crippen LogP contribution in [0, 0.1) is 0 Å². The summed E-state index contributed by atoms with van der Waals surface area (Å²) in [5.74, 6) is -1.81. The first-order valence-corrected chi connectivity index (χ1v) is 5.43. The quantitative estimate of drug-likeness (QED) is 0.899. The largest absolute Gasteiger partial charge is 0.490 e. The average molecular weight is 278 g/mol. The predicted molar refractivity (Wildman–Crippen MR) is 60.7 cm³/mol. The van der Waals surface area contributed by atoms with E-state index in [9.17, 15) is 18.0 Å². The van der Waals surface area contributed by atoms with Crippen LogP contribution in [0.2, 0.25) is 0 Å². The molecule has 1 rings (SSSR count). The molecular formula is C12H13F3O4. The van der Waals surface area contributed by atoms with Gasteiger partial charge in [-0.15, -0.1) is 0 Å². The summed E-state index contributed by atoms with van der Waals surface area (Å²) in [4.78, 5) is 11.1. The molecular weight excluding hydrogens is 265 g/mol. The third-order valence-corrected chi connectivity index (χ3v) is 1.96.